The van der Waals surface area contributed by atoms with Crippen molar-refractivity contribution in [1.29, 1.82) is 0 Å². The lowest BCUT2D eigenvalue weighted by molar-refractivity contribution is -0.139. The van der Waals surface area contributed by atoms with Crippen LogP contribution in [0.15, 0.2) is 9.57 Å². The van der Waals surface area contributed by atoms with Gasteiger partial charge in [0.2, 0.25) is 17.7 Å². The Morgan fingerprint density at radius 2 is 1.79 bits per heavy atom. The van der Waals surface area contributed by atoms with Crippen molar-refractivity contribution in [2.45, 2.75) is 45.3 Å². The molecule has 0 radical (unpaired) electrons. The van der Waals surface area contributed by atoms with E-state index in [9.17, 15) is 19.2 Å². The van der Waals surface area contributed by atoms with Crippen LogP contribution in [0.3, 0.4) is 0 Å². The number of rotatable bonds is 11. The van der Waals surface area contributed by atoms with Crippen LogP contribution in [-0.2, 0) is 19.1 Å². The Morgan fingerprint density at radius 3 is 2.36 bits per heavy atom. The second-order valence-corrected chi connectivity index (χ2v) is 7.48. The predicted octanol–water partition coefficient (Wildman–Crippen LogP) is 1.28. The molecule has 0 aromatic carbocycles. The highest BCUT2D eigenvalue weighted by molar-refractivity contribution is 7.99. The summed E-state index contributed by atoms with van der Waals surface area (Å²) in [4.78, 5) is 49.1. The van der Waals surface area contributed by atoms with E-state index >= 15 is 0 Å². The summed E-state index contributed by atoms with van der Waals surface area (Å²) in [6.07, 6.45) is 0.247. The summed E-state index contributed by atoms with van der Waals surface area (Å²) in [6, 6.07) is -0.929. The maximum Gasteiger partial charge on any atom is 0.342 e. The minimum absolute atomic E-state index is 0.0543. The number of nitrogens with one attached hydrogen (secondary N) is 1. The van der Waals surface area contributed by atoms with Gasteiger partial charge < -0.3 is 25.4 Å². The van der Waals surface area contributed by atoms with Crippen LogP contribution in [0.5, 0.6) is 0 Å². The lowest BCUT2D eigenvalue weighted by atomic mass is 10.1. The first-order chi connectivity index (χ1) is 15.7. The maximum absolute atomic E-state index is 13.1. The smallest absolute Gasteiger partial charge is 0.342 e. The SMILES string of the molecule is CCOC(=O)CSc1nnc(N)n1C(CC)C(=O)Nc1oc(C)c(C(=O)OCC)c1C(N)=O. The number of aromatic nitrogens is 3. The van der Waals surface area contributed by atoms with E-state index in [4.69, 9.17) is 25.4 Å². The molecule has 0 aliphatic rings. The average molecular weight is 483 g/mol. The summed E-state index contributed by atoms with van der Waals surface area (Å²) in [5.74, 6) is -3.23. The third kappa shape index (κ3) is 5.83. The van der Waals surface area contributed by atoms with E-state index in [0.29, 0.717) is 0 Å². The number of nitrogens with two attached hydrogens (primary N) is 2. The topological polar surface area (TPSA) is 195 Å². The second kappa shape index (κ2) is 11.4. The molecule has 2 aromatic heterocycles. The lowest BCUT2D eigenvalue weighted by Gasteiger charge is -2.18. The summed E-state index contributed by atoms with van der Waals surface area (Å²) in [6.45, 7) is 6.74. The number of nitrogen functional groups attached to an aromatic ring is 1. The first-order valence-electron chi connectivity index (χ1n) is 10.1. The Bertz CT molecular complexity index is 1050. The molecular weight excluding hydrogens is 456 g/mol. The molecule has 0 saturated carbocycles. The zero-order valence-electron chi connectivity index (χ0n) is 18.7. The molecule has 0 aliphatic heterocycles. The van der Waals surface area contributed by atoms with Crippen LogP contribution in [-0.4, -0.2) is 57.5 Å². The van der Waals surface area contributed by atoms with Crippen molar-refractivity contribution in [2.75, 3.05) is 30.0 Å². The number of furan rings is 1. The number of esters is 2. The van der Waals surface area contributed by atoms with Gasteiger partial charge in [0.15, 0.2) is 5.16 Å². The van der Waals surface area contributed by atoms with Gasteiger partial charge in [-0.3, -0.25) is 24.3 Å². The number of carbonyl (C=O) groups is 4. The molecule has 33 heavy (non-hydrogen) atoms. The first-order valence-corrected chi connectivity index (χ1v) is 11.0. The van der Waals surface area contributed by atoms with Crippen molar-refractivity contribution in [3.8, 4) is 0 Å². The van der Waals surface area contributed by atoms with E-state index in [1.54, 1.807) is 20.8 Å². The maximum atomic E-state index is 13.1. The van der Waals surface area contributed by atoms with Gasteiger partial charge in [0.1, 0.15) is 22.9 Å². The van der Waals surface area contributed by atoms with Crippen LogP contribution in [0.2, 0.25) is 0 Å². The quantitative estimate of drug-likeness (QED) is 0.308. The molecule has 13 nitrogen and oxygen atoms in total. The summed E-state index contributed by atoms with van der Waals surface area (Å²) < 4.78 is 16.6. The lowest BCUT2D eigenvalue weighted by Crippen LogP contribution is -2.28. The van der Waals surface area contributed by atoms with Crippen LogP contribution in [0.25, 0.3) is 0 Å². The van der Waals surface area contributed by atoms with Crippen molar-refractivity contribution in [3.63, 3.8) is 0 Å². The van der Waals surface area contributed by atoms with Crippen molar-refractivity contribution >= 4 is 47.3 Å². The average Bonchev–Trinajstić information content (AvgIpc) is 3.27. The predicted molar refractivity (Wildman–Crippen MR) is 118 cm³/mol. The van der Waals surface area contributed by atoms with Crippen LogP contribution in [0.1, 0.15) is 59.7 Å². The number of aryl methyl sites for hydroxylation is 1. The summed E-state index contributed by atoms with van der Waals surface area (Å²) in [7, 11) is 0. The Morgan fingerprint density at radius 1 is 1.12 bits per heavy atom. The highest BCUT2D eigenvalue weighted by Gasteiger charge is 2.32. The van der Waals surface area contributed by atoms with E-state index < -0.39 is 29.8 Å². The fraction of sp³-hybridized carbons (Fsp3) is 0.474. The van der Waals surface area contributed by atoms with E-state index in [1.807, 2.05) is 0 Å². The van der Waals surface area contributed by atoms with Crippen LogP contribution in [0, 0.1) is 6.92 Å². The summed E-state index contributed by atoms with van der Waals surface area (Å²) in [5.41, 5.74) is 10.9. The molecule has 2 aromatic rings. The largest absolute Gasteiger partial charge is 0.465 e. The summed E-state index contributed by atoms with van der Waals surface area (Å²) >= 11 is 1.00. The molecule has 2 amide bonds. The molecule has 0 aliphatic carbocycles. The molecule has 2 heterocycles. The van der Waals surface area contributed by atoms with Crippen molar-refractivity contribution < 1.29 is 33.1 Å². The van der Waals surface area contributed by atoms with Gasteiger partial charge in [0.05, 0.1) is 19.0 Å². The molecule has 180 valence electrons. The fourth-order valence-corrected chi connectivity index (χ4v) is 3.79. The first kappa shape index (κ1) is 25.7. The number of primary amides is 1. The van der Waals surface area contributed by atoms with Gasteiger partial charge in [0.25, 0.3) is 5.91 Å². The summed E-state index contributed by atoms with van der Waals surface area (Å²) in [5, 5.41) is 10.4. The number of ether oxygens (including phenoxy) is 2. The van der Waals surface area contributed by atoms with Gasteiger partial charge in [-0.15, -0.1) is 10.2 Å². The van der Waals surface area contributed by atoms with Crippen molar-refractivity contribution in [2.24, 2.45) is 5.73 Å². The minimum Gasteiger partial charge on any atom is -0.465 e. The molecule has 2 rings (SSSR count). The van der Waals surface area contributed by atoms with Gasteiger partial charge in [-0.05, 0) is 27.2 Å². The van der Waals surface area contributed by atoms with Gasteiger partial charge in [-0.1, -0.05) is 18.7 Å². The van der Waals surface area contributed by atoms with Crippen molar-refractivity contribution in [3.05, 3.63) is 16.9 Å². The fourth-order valence-electron chi connectivity index (χ4n) is 3.00. The Balaban J connectivity index is 2.34. The normalized spacial score (nSPS) is 11.6. The van der Waals surface area contributed by atoms with E-state index in [0.717, 1.165) is 11.8 Å². The zero-order valence-corrected chi connectivity index (χ0v) is 19.5. The number of hydrogen-bond donors (Lipinski definition) is 3. The third-order valence-electron chi connectivity index (χ3n) is 4.36. The highest BCUT2D eigenvalue weighted by Crippen LogP contribution is 2.30. The van der Waals surface area contributed by atoms with Crippen LogP contribution >= 0.6 is 11.8 Å². The molecule has 0 saturated heterocycles. The molecule has 14 heteroatoms. The van der Waals surface area contributed by atoms with E-state index in [2.05, 4.69) is 15.5 Å². The minimum atomic E-state index is -0.979. The molecule has 1 unspecified atom stereocenters. The van der Waals surface area contributed by atoms with Crippen molar-refractivity contribution in [1.82, 2.24) is 14.8 Å². The number of thioether (sulfide) groups is 1. The molecule has 5 N–H and O–H groups in total. The van der Waals surface area contributed by atoms with Crippen LogP contribution in [0.4, 0.5) is 11.8 Å². The Kier molecular flexibility index (Phi) is 8.85. The zero-order chi connectivity index (χ0) is 24.7. The molecule has 0 bridgehead atoms. The number of anilines is 2. The molecule has 0 fully saturated rings. The standard InChI is InChI=1S/C19H26N6O7S/c1-5-10(25-18(21)23-24-19(25)33-8-11(26)30-6-2)15(28)22-16-13(14(20)27)12(9(4)32-16)17(29)31-7-3/h10H,5-8H2,1-4H3,(H2,20,27)(H2,21,23)(H,22,28). The van der Waals surface area contributed by atoms with Gasteiger partial charge in [-0.2, -0.15) is 0 Å². The second-order valence-electron chi connectivity index (χ2n) is 6.54. The molecule has 0 spiro atoms. The Hall–Kier alpha value is -3.55. The van der Waals surface area contributed by atoms with Gasteiger partial charge in [-0.25, -0.2) is 4.79 Å². The highest BCUT2D eigenvalue weighted by atomic mass is 32.2. The van der Waals surface area contributed by atoms with Gasteiger partial charge >= 0.3 is 11.9 Å². The molecule has 1 atom stereocenters. The van der Waals surface area contributed by atoms with E-state index in [1.165, 1.54) is 11.5 Å². The molecular formula is C19H26N6O7S. The number of carbonyl (C=O) groups excluding carboxylic acids is 4. The number of amides is 2. The number of hydrogen-bond acceptors (Lipinski definition) is 11. The number of nitrogens with zero attached hydrogens (tertiary/aromatic N) is 3. The van der Waals surface area contributed by atoms with Crippen LogP contribution < -0.4 is 16.8 Å². The van der Waals surface area contributed by atoms with Gasteiger partial charge in [0, 0.05) is 0 Å². The Labute approximate surface area is 193 Å². The monoisotopic (exact) mass is 482 g/mol. The van der Waals surface area contributed by atoms with E-state index in [-0.39, 0.29) is 59.3 Å². The third-order valence-corrected chi connectivity index (χ3v) is 5.28.